The Morgan fingerprint density at radius 2 is 1.87 bits per heavy atom. The molecule has 15 heavy (non-hydrogen) atoms. The predicted molar refractivity (Wildman–Crippen MR) is 61.7 cm³/mol. The van der Waals surface area contributed by atoms with Crippen molar-refractivity contribution in [3.63, 3.8) is 0 Å². The van der Waals surface area contributed by atoms with Crippen molar-refractivity contribution in [2.24, 2.45) is 5.41 Å². The molecule has 0 aromatic rings. The number of aliphatic hydroxyl groups is 2. The summed E-state index contributed by atoms with van der Waals surface area (Å²) in [6.07, 6.45) is 5.34. The van der Waals surface area contributed by atoms with Crippen LogP contribution in [0, 0.1) is 5.41 Å². The molecule has 0 spiro atoms. The van der Waals surface area contributed by atoms with Gasteiger partial charge in [-0.05, 0) is 12.8 Å². The van der Waals surface area contributed by atoms with E-state index in [1.165, 1.54) is 12.8 Å². The Hall–Kier alpha value is -0.120. The molecule has 0 heterocycles. The van der Waals surface area contributed by atoms with Crippen LogP contribution < -0.4 is 5.32 Å². The van der Waals surface area contributed by atoms with Crippen molar-refractivity contribution in [1.82, 2.24) is 5.32 Å². The molecule has 0 amide bonds. The Balaban J connectivity index is 2.35. The molecule has 2 unspecified atom stereocenters. The first kappa shape index (κ1) is 12.9. The van der Waals surface area contributed by atoms with E-state index in [2.05, 4.69) is 5.32 Å². The minimum atomic E-state index is -0.206. The summed E-state index contributed by atoms with van der Waals surface area (Å²) >= 11 is 0. The number of hydrogen-bond acceptors (Lipinski definition) is 3. The lowest BCUT2D eigenvalue weighted by molar-refractivity contribution is 0.101. The summed E-state index contributed by atoms with van der Waals surface area (Å²) < 4.78 is 0. The Morgan fingerprint density at radius 3 is 2.53 bits per heavy atom. The van der Waals surface area contributed by atoms with Gasteiger partial charge in [0.1, 0.15) is 0 Å². The molecular weight excluding hydrogens is 190 g/mol. The zero-order valence-corrected chi connectivity index (χ0v) is 10.00. The molecule has 0 aromatic carbocycles. The summed E-state index contributed by atoms with van der Waals surface area (Å²) in [4.78, 5) is 0. The van der Waals surface area contributed by atoms with E-state index in [-0.39, 0.29) is 24.2 Å². The SMILES string of the molecule is CC(C)(CO)CNC1CCCCCC1O. The van der Waals surface area contributed by atoms with Crippen LogP contribution in [0.2, 0.25) is 0 Å². The third kappa shape index (κ3) is 4.49. The molecule has 3 heteroatoms. The molecule has 1 rings (SSSR count). The zero-order valence-electron chi connectivity index (χ0n) is 10.00. The summed E-state index contributed by atoms with van der Waals surface area (Å²) in [5, 5.41) is 22.4. The fourth-order valence-electron chi connectivity index (χ4n) is 1.99. The van der Waals surface area contributed by atoms with E-state index in [9.17, 15) is 5.11 Å². The maximum absolute atomic E-state index is 9.89. The molecule has 0 radical (unpaired) electrons. The van der Waals surface area contributed by atoms with Crippen LogP contribution in [-0.2, 0) is 0 Å². The van der Waals surface area contributed by atoms with Gasteiger partial charge in [0.05, 0.1) is 6.10 Å². The fourth-order valence-corrected chi connectivity index (χ4v) is 1.99. The maximum atomic E-state index is 9.89. The lowest BCUT2D eigenvalue weighted by Gasteiger charge is -2.28. The van der Waals surface area contributed by atoms with E-state index >= 15 is 0 Å². The summed E-state index contributed by atoms with van der Waals surface area (Å²) in [6.45, 7) is 5.01. The summed E-state index contributed by atoms with van der Waals surface area (Å²) in [6, 6.07) is 0.221. The Morgan fingerprint density at radius 1 is 1.20 bits per heavy atom. The van der Waals surface area contributed by atoms with E-state index in [1.807, 2.05) is 13.8 Å². The van der Waals surface area contributed by atoms with Gasteiger partial charge in [-0.3, -0.25) is 0 Å². The first-order chi connectivity index (χ1) is 7.05. The van der Waals surface area contributed by atoms with Gasteiger partial charge in [-0.1, -0.05) is 33.1 Å². The van der Waals surface area contributed by atoms with Gasteiger partial charge >= 0.3 is 0 Å². The van der Waals surface area contributed by atoms with Crippen LogP contribution in [0.5, 0.6) is 0 Å². The minimum absolute atomic E-state index is 0.0912. The number of aliphatic hydroxyl groups excluding tert-OH is 2. The molecular formula is C12H25NO2. The molecule has 90 valence electrons. The van der Waals surface area contributed by atoms with Crippen molar-refractivity contribution in [3.8, 4) is 0 Å². The third-order valence-electron chi connectivity index (χ3n) is 3.25. The van der Waals surface area contributed by atoms with Crippen LogP contribution in [0.25, 0.3) is 0 Å². The lowest BCUT2D eigenvalue weighted by Crippen LogP contribution is -2.44. The van der Waals surface area contributed by atoms with Crippen molar-refractivity contribution in [1.29, 1.82) is 0 Å². The van der Waals surface area contributed by atoms with Gasteiger partial charge in [0, 0.05) is 24.6 Å². The van der Waals surface area contributed by atoms with Gasteiger partial charge in [-0.15, -0.1) is 0 Å². The van der Waals surface area contributed by atoms with Crippen LogP contribution in [0.4, 0.5) is 0 Å². The van der Waals surface area contributed by atoms with Crippen LogP contribution in [0.1, 0.15) is 46.0 Å². The van der Waals surface area contributed by atoms with Crippen LogP contribution in [0.15, 0.2) is 0 Å². The van der Waals surface area contributed by atoms with Crippen molar-refractivity contribution < 1.29 is 10.2 Å². The van der Waals surface area contributed by atoms with Crippen LogP contribution in [-0.4, -0.2) is 35.5 Å². The number of rotatable bonds is 4. The molecule has 0 aliphatic heterocycles. The van der Waals surface area contributed by atoms with Gasteiger partial charge < -0.3 is 15.5 Å². The van der Waals surface area contributed by atoms with Crippen molar-refractivity contribution in [3.05, 3.63) is 0 Å². The smallest absolute Gasteiger partial charge is 0.0693 e. The summed E-state index contributed by atoms with van der Waals surface area (Å²) in [7, 11) is 0. The molecule has 1 fully saturated rings. The van der Waals surface area contributed by atoms with Gasteiger partial charge in [0.2, 0.25) is 0 Å². The molecule has 3 nitrogen and oxygen atoms in total. The average molecular weight is 215 g/mol. The van der Waals surface area contributed by atoms with Crippen LogP contribution >= 0.6 is 0 Å². The average Bonchev–Trinajstić information content (AvgIpc) is 2.40. The number of hydrogen-bond donors (Lipinski definition) is 3. The van der Waals surface area contributed by atoms with Crippen molar-refractivity contribution in [2.45, 2.75) is 58.1 Å². The van der Waals surface area contributed by atoms with Crippen molar-refractivity contribution in [2.75, 3.05) is 13.2 Å². The topological polar surface area (TPSA) is 52.5 Å². The summed E-state index contributed by atoms with van der Waals surface area (Å²) in [5.41, 5.74) is -0.0912. The third-order valence-corrected chi connectivity index (χ3v) is 3.25. The quantitative estimate of drug-likeness (QED) is 0.619. The Labute approximate surface area is 92.9 Å². The molecule has 0 aromatic heterocycles. The Kier molecular flexibility index (Phi) is 5.03. The van der Waals surface area contributed by atoms with Gasteiger partial charge in [0.15, 0.2) is 0 Å². The second-order valence-electron chi connectivity index (χ2n) is 5.52. The molecule has 2 atom stereocenters. The number of nitrogens with one attached hydrogen (secondary N) is 1. The monoisotopic (exact) mass is 215 g/mol. The first-order valence-corrected chi connectivity index (χ1v) is 6.07. The standard InChI is InChI=1S/C12H25NO2/c1-12(2,9-14)8-13-10-6-4-3-5-7-11(10)15/h10-11,13-15H,3-9H2,1-2H3. The lowest BCUT2D eigenvalue weighted by atomic mass is 9.93. The molecule has 1 saturated carbocycles. The zero-order chi connectivity index (χ0) is 11.3. The highest BCUT2D eigenvalue weighted by atomic mass is 16.3. The highest BCUT2D eigenvalue weighted by molar-refractivity contribution is 4.81. The predicted octanol–water partition coefficient (Wildman–Crippen LogP) is 1.29. The molecule has 0 saturated heterocycles. The Bertz CT molecular complexity index is 182. The van der Waals surface area contributed by atoms with Gasteiger partial charge in [-0.2, -0.15) is 0 Å². The van der Waals surface area contributed by atoms with Crippen molar-refractivity contribution >= 4 is 0 Å². The van der Waals surface area contributed by atoms with E-state index in [1.54, 1.807) is 0 Å². The van der Waals surface area contributed by atoms with Crippen LogP contribution in [0.3, 0.4) is 0 Å². The maximum Gasteiger partial charge on any atom is 0.0693 e. The van der Waals surface area contributed by atoms with E-state index in [0.29, 0.717) is 0 Å². The highest BCUT2D eigenvalue weighted by Gasteiger charge is 2.24. The molecule has 1 aliphatic rings. The van der Waals surface area contributed by atoms with E-state index in [0.717, 1.165) is 25.8 Å². The largest absolute Gasteiger partial charge is 0.396 e. The van der Waals surface area contributed by atoms with E-state index < -0.39 is 0 Å². The molecule has 3 N–H and O–H groups in total. The normalized spacial score (nSPS) is 28.8. The second-order valence-corrected chi connectivity index (χ2v) is 5.52. The first-order valence-electron chi connectivity index (χ1n) is 6.07. The fraction of sp³-hybridized carbons (Fsp3) is 1.00. The minimum Gasteiger partial charge on any atom is -0.396 e. The molecule has 1 aliphatic carbocycles. The summed E-state index contributed by atoms with van der Waals surface area (Å²) in [5.74, 6) is 0. The highest BCUT2D eigenvalue weighted by Crippen LogP contribution is 2.19. The van der Waals surface area contributed by atoms with E-state index in [4.69, 9.17) is 5.11 Å². The second kappa shape index (κ2) is 5.83. The van der Waals surface area contributed by atoms with Gasteiger partial charge in [-0.25, -0.2) is 0 Å². The van der Waals surface area contributed by atoms with Gasteiger partial charge in [0.25, 0.3) is 0 Å². The molecule has 0 bridgehead atoms.